The summed E-state index contributed by atoms with van der Waals surface area (Å²) < 4.78 is 1.91. The van der Waals surface area contributed by atoms with Gasteiger partial charge in [-0.2, -0.15) is 0 Å². The molecule has 25 heavy (non-hydrogen) atoms. The highest BCUT2D eigenvalue weighted by Gasteiger charge is 2.22. The second-order valence-electron chi connectivity index (χ2n) is 6.25. The zero-order chi connectivity index (χ0) is 16.9. The molecule has 136 valence electrons. The Hall–Kier alpha value is -1.92. The summed E-state index contributed by atoms with van der Waals surface area (Å²) in [6, 6.07) is 8.51. The van der Waals surface area contributed by atoms with Crippen molar-refractivity contribution in [1.82, 2.24) is 25.6 Å². The number of hydrogen-bond donors (Lipinski definition) is 2. The number of benzene rings is 1. The van der Waals surface area contributed by atoms with E-state index in [1.165, 1.54) is 5.56 Å². The molecule has 1 fully saturated rings. The second kappa shape index (κ2) is 8.97. The number of halogens is 1. The fourth-order valence-electron chi connectivity index (χ4n) is 3.28. The van der Waals surface area contributed by atoms with Crippen LogP contribution < -0.4 is 10.6 Å². The third-order valence-electron chi connectivity index (χ3n) is 4.74. The number of hydrogen-bond acceptors (Lipinski definition) is 4. The summed E-state index contributed by atoms with van der Waals surface area (Å²) >= 11 is 0. The van der Waals surface area contributed by atoms with Crippen LogP contribution >= 0.6 is 12.4 Å². The molecule has 0 spiro atoms. The lowest BCUT2D eigenvalue weighted by Gasteiger charge is -2.23. The molecule has 7 heteroatoms. The summed E-state index contributed by atoms with van der Waals surface area (Å²) in [7, 11) is 0. The molecule has 1 aliphatic rings. The maximum Gasteiger partial charge on any atom is 0.274 e. The van der Waals surface area contributed by atoms with Crippen LogP contribution in [0.4, 0.5) is 0 Å². The van der Waals surface area contributed by atoms with Crippen molar-refractivity contribution in [2.45, 2.75) is 45.7 Å². The topological polar surface area (TPSA) is 71.8 Å². The molecule has 1 aromatic carbocycles. The Kier molecular flexibility index (Phi) is 6.96. The summed E-state index contributed by atoms with van der Waals surface area (Å²) in [4.78, 5) is 12.5. The molecule has 0 aliphatic carbocycles. The minimum absolute atomic E-state index is 0. The van der Waals surface area contributed by atoms with Gasteiger partial charge in [-0.15, -0.1) is 17.5 Å². The SMILES string of the molecule is CCc1ccccc1CNC(=O)c1nnn(C2CCNCC2)c1C.Cl. The van der Waals surface area contributed by atoms with Crippen LogP contribution in [0.15, 0.2) is 24.3 Å². The molecule has 1 amide bonds. The lowest BCUT2D eigenvalue weighted by Crippen LogP contribution is -2.30. The maximum atomic E-state index is 12.5. The van der Waals surface area contributed by atoms with Crippen LogP contribution in [0, 0.1) is 6.92 Å². The van der Waals surface area contributed by atoms with Gasteiger partial charge >= 0.3 is 0 Å². The molecule has 6 nitrogen and oxygen atoms in total. The van der Waals surface area contributed by atoms with E-state index < -0.39 is 0 Å². The summed E-state index contributed by atoms with van der Waals surface area (Å²) in [6.45, 7) is 6.54. The lowest BCUT2D eigenvalue weighted by molar-refractivity contribution is 0.0945. The third-order valence-corrected chi connectivity index (χ3v) is 4.74. The fourth-order valence-corrected chi connectivity index (χ4v) is 3.28. The number of piperidine rings is 1. The van der Waals surface area contributed by atoms with Crippen molar-refractivity contribution in [2.24, 2.45) is 0 Å². The van der Waals surface area contributed by atoms with Gasteiger partial charge in [0.15, 0.2) is 5.69 Å². The number of amides is 1. The number of nitrogens with zero attached hydrogens (tertiary/aromatic N) is 3. The average molecular weight is 364 g/mol. The van der Waals surface area contributed by atoms with Crippen molar-refractivity contribution in [2.75, 3.05) is 13.1 Å². The van der Waals surface area contributed by atoms with Gasteiger partial charge in [0, 0.05) is 6.54 Å². The molecular weight excluding hydrogens is 338 g/mol. The maximum absolute atomic E-state index is 12.5. The number of nitrogens with one attached hydrogen (secondary N) is 2. The van der Waals surface area contributed by atoms with Crippen molar-refractivity contribution in [3.63, 3.8) is 0 Å². The molecule has 2 N–H and O–H groups in total. The van der Waals surface area contributed by atoms with Crippen LogP contribution in [0.5, 0.6) is 0 Å². The van der Waals surface area contributed by atoms with Crippen LogP contribution in [-0.2, 0) is 13.0 Å². The largest absolute Gasteiger partial charge is 0.346 e. The van der Waals surface area contributed by atoms with E-state index in [0.717, 1.165) is 43.6 Å². The highest BCUT2D eigenvalue weighted by atomic mass is 35.5. The zero-order valence-electron chi connectivity index (χ0n) is 14.8. The van der Waals surface area contributed by atoms with Gasteiger partial charge in [0.1, 0.15) is 0 Å². The first-order valence-electron chi connectivity index (χ1n) is 8.68. The Labute approximate surface area is 154 Å². The summed E-state index contributed by atoms with van der Waals surface area (Å²) in [5.41, 5.74) is 3.69. The Balaban J connectivity index is 0.00000225. The number of aryl methyl sites for hydroxylation is 1. The Morgan fingerprint density at radius 1 is 1.28 bits per heavy atom. The molecule has 3 rings (SSSR count). The molecule has 2 heterocycles. The zero-order valence-corrected chi connectivity index (χ0v) is 15.6. The normalized spacial score (nSPS) is 14.8. The first-order valence-corrected chi connectivity index (χ1v) is 8.68. The average Bonchev–Trinajstić information content (AvgIpc) is 3.02. The molecule has 1 aliphatic heterocycles. The van der Waals surface area contributed by atoms with Gasteiger partial charge in [0.05, 0.1) is 11.7 Å². The predicted octanol–water partition coefficient (Wildman–Crippen LogP) is 2.43. The van der Waals surface area contributed by atoms with E-state index >= 15 is 0 Å². The molecule has 1 saturated heterocycles. The number of carbonyl (C=O) groups excluding carboxylic acids is 1. The van der Waals surface area contributed by atoms with Gasteiger partial charge in [0.25, 0.3) is 5.91 Å². The first kappa shape index (κ1) is 19.4. The highest BCUT2D eigenvalue weighted by molar-refractivity contribution is 5.93. The number of carbonyl (C=O) groups is 1. The molecule has 0 bridgehead atoms. The van der Waals surface area contributed by atoms with Crippen LogP contribution in [0.3, 0.4) is 0 Å². The predicted molar refractivity (Wildman–Crippen MR) is 100 cm³/mol. The van der Waals surface area contributed by atoms with Gasteiger partial charge < -0.3 is 10.6 Å². The van der Waals surface area contributed by atoms with E-state index in [0.29, 0.717) is 18.3 Å². The second-order valence-corrected chi connectivity index (χ2v) is 6.25. The number of rotatable bonds is 5. The van der Waals surface area contributed by atoms with E-state index in [1.807, 2.05) is 23.7 Å². The van der Waals surface area contributed by atoms with Crippen molar-refractivity contribution < 1.29 is 4.79 Å². The number of aromatic nitrogens is 3. The van der Waals surface area contributed by atoms with Crippen LogP contribution in [0.25, 0.3) is 0 Å². The first-order chi connectivity index (χ1) is 11.7. The molecule has 0 radical (unpaired) electrons. The molecule has 2 aromatic rings. The van der Waals surface area contributed by atoms with E-state index in [4.69, 9.17) is 0 Å². The van der Waals surface area contributed by atoms with E-state index in [-0.39, 0.29) is 18.3 Å². The van der Waals surface area contributed by atoms with E-state index in [2.05, 4.69) is 40.0 Å². The van der Waals surface area contributed by atoms with Crippen molar-refractivity contribution in [3.05, 3.63) is 46.8 Å². The monoisotopic (exact) mass is 363 g/mol. The van der Waals surface area contributed by atoms with Crippen LogP contribution in [0.2, 0.25) is 0 Å². The van der Waals surface area contributed by atoms with E-state index in [9.17, 15) is 4.79 Å². The third kappa shape index (κ3) is 4.38. The smallest absolute Gasteiger partial charge is 0.274 e. The lowest BCUT2D eigenvalue weighted by atomic mass is 10.1. The van der Waals surface area contributed by atoms with Crippen molar-refractivity contribution in [1.29, 1.82) is 0 Å². The summed E-state index contributed by atoms with van der Waals surface area (Å²) in [5.74, 6) is -0.154. The van der Waals surface area contributed by atoms with Crippen molar-refractivity contribution >= 4 is 18.3 Å². The summed E-state index contributed by atoms with van der Waals surface area (Å²) in [6.07, 6.45) is 3.00. The van der Waals surface area contributed by atoms with Crippen molar-refractivity contribution in [3.8, 4) is 0 Å². The van der Waals surface area contributed by atoms with Gasteiger partial charge in [-0.3, -0.25) is 4.79 Å². The minimum atomic E-state index is -0.154. The molecule has 0 saturated carbocycles. The molecule has 0 unspecified atom stereocenters. The van der Waals surface area contributed by atoms with Crippen LogP contribution in [-0.4, -0.2) is 34.0 Å². The van der Waals surface area contributed by atoms with Gasteiger partial charge in [0.2, 0.25) is 0 Å². The fraction of sp³-hybridized carbons (Fsp3) is 0.500. The highest BCUT2D eigenvalue weighted by Crippen LogP contribution is 2.20. The van der Waals surface area contributed by atoms with Gasteiger partial charge in [-0.25, -0.2) is 4.68 Å². The molecular formula is C18H26ClN5O. The molecule has 1 aromatic heterocycles. The van der Waals surface area contributed by atoms with E-state index in [1.54, 1.807) is 0 Å². The Morgan fingerprint density at radius 2 is 1.96 bits per heavy atom. The standard InChI is InChI=1S/C18H25N5O.ClH/c1-3-14-6-4-5-7-15(14)12-20-18(24)17-13(2)23(22-21-17)16-8-10-19-11-9-16;/h4-7,16,19H,3,8-12H2,1-2H3,(H,20,24);1H. The summed E-state index contributed by atoms with van der Waals surface area (Å²) in [5, 5.41) is 14.7. The molecule has 0 atom stereocenters. The Morgan fingerprint density at radius 3 is 2.64 bits per heavy atom. The van der Waals surface area contributed by atoms with Crippen LogP contribution in [0.1, 0.15) is 53.1 Å². The van der Waals surface area contributed by atoms with Gasteiger partial charge in [-0.05, 0) is 50.4 Å². The minimum Gasteiger partial charge on any atom is -0.346 e. The Bertz CT molecular complexity index is 709. The quantitative estimate of drug-likeness (QED) is 0.855. The van der Waals surface area contributed by atoms with Gasteiger partial charge in [-0.1, -0.05) is 36.4 Å².